The fourth-order valence-corrected chi connectivity index (χ4v) is 1.18. The maximum Gasteiger partial charge on any atom is 0.239 e. The molecule has 82 valence electrons. The number of hydrogen-bond donors (Lipinski definition) is 1. The van der Waals surface area contributed by atoms with E-state index in [0.29, 0.717) is 17.4 Å². The van der Waals surface area contributed by atoms with Gasteiger partial charge in [-0.3, -0.25) is 4.98 Å². The highest BCUT2D eigenvalue weighted by molar-refractivity contribution is 5.34. The van der Waals surface area contributed by atoms with Gasteiger partial charge < -0.3 is 15.2 Å². The summed E-state index contributed by atoms with van der Waals surface area (Å²) in [5, 5.41) is 0. The summed E-state index contributed by atoms with van der Waals surface area (Å²) in [7, 11) is 1.61. The SMILES string of the molecule is COc1ccc(Oc2cncc(N)n2)cc1. The molecule has 1 aromatic heterocycles. The van der Waals surface area contributed by atoms with E-state index < -0.39 is 0 Å². The van der Waals surface area contributed by atoms with E-state index in [4.69, 9.17) is 15.2 Å². The minimum absolute atomic E-state index is 0.325. The average molecular weight is 217 g/mol. The van der Waals surface area contributed by atoms with Crippen LogP contribution in [0.25, 0.3) is 0 Å². The third kappa shape index (κ3) is 2.38. The number of benzene rings is 1. The van der Waals surface area contributed by atoms with Crippen LogP contribution >= 0.6 is 0 Å². The number of anilines is 1. The van der Waals surface area contributed by atoms with Crippen molar-refractivity contribution in [1.29, 1.82) is 0 Å². The van der Waals surface area contributed by atoms with Gasteiger partial charge in [0.25, 0.3) is 0 Å². The van der Waals surface area contributed by atoms with Gasteiger partial charge in [-0.05, 0) is 24.3 Å². The molecule has 0 aliphatic heterocycles. The van der Waals surface area contributed by atoms with Crippen LogP contribution in [0.15, 0.2) is 36.7 Å². The summed E-state index contributed by atoms with van der Waals surface area (Å²) in [6.45, 7) is 0. The number of ether oxygens (including phenoxy) is 2. The number of methoxy groups -OCH3 is 1. The van der Waals surface area contributed by atoms with Crippen LogP contribution in [0, 0.1) is 0 Å². The summed E-state index contributed by atoms with van der Waals surface area (Å²) in [5.74, 6) is 2.11. The zero-order chi connectivity index (χ0) is 11.4. The van der Waals surface area contributed by atoms with Gasteiger partial charge in [-0.2, -0.15) is 4.98 Å². The summed E-state index contributed by atoms with van der Waals surface area (Å²) in [5.41, 5.74) is 5.48. The highest BCUT2D eigenvalue weighted by Crippen LogP contribution is 2.21. The molecule has 1 heterocycles. The molecule has 0 spiro atoms. The second kappa shape index (κ2) is 4.48. The third-order valence-electron chi connectivity index (χ3n) is 1.91. The molecule has 0 aliphatic carbocycles. The predicted molar refractivity (Wildman–Crippen MR) is 59.5 cm³/mol. The van der Waals surface area contributed by atoms with Crippen molar-refractivity contribution in [2.45, 2.75) is 0 Å². The normalized spacial score (nSPS) is 9.81. The van der Waals surface area contributed by atoms with E-state index in [1.165, 1.54) is 12.4 Å². The summed E-state index contributed by atoms with van der Waals surface area (Å²) < 4.78 is 10.5. The Balaban J connectivity index is 2.14. The molecule has 0 radical (unpaired) electrons. The van der Waals surface area contributed by atoms with Crippen molar-refractivity contribution in [2.75, 3.05) is 12.8 Å². The van der Waals surface area contributed by atoms with Gasteiger partial charge >= 0.3 is 0 Å². The molecule has 0 amide bonds. The summed E-state index contributed by atoms with van der Waals surface area (Å²) in [6.07, 6.45) is 2.96. The molecule has 0 aliphatic rings. The van der Waals surface area contributed by atoms with Crippen molar-refractivity contribution in [3.8, 4) is 17.4 Å². The lowest BCUT2D eigenvalue weighted by Crippen LogP contribution is -1.94. The van der Waals surface area contributed by atoms with Gasteiger partial charge in [0, 0.05) is 0 Å². The van der Waals surface area contributed by atoms with Gasteiger partial charge in [0.15, 0.2) is 0 Å². The molecule has 2 rings (SSSR count). The fraction of sp³-hybridized carbons (Fsp3) is 0.0909. The molecule has 5 nitrogen and oxygen atoms in total. The molecule has 0 atom stereocenters. The van der Waals surface area contributed by atoms with Crippen LogP contribution in [0.2, 0.25) is 0 Å². The Bertz CT molecular complexity index is 471. The van der Waals surface area contributed by atoms with Crippen LogP contribution < -0.4 is 15.2 Å². The van der Waals surface area contributed by atoms with Crippen molar-refractivity contribution in [3.05, 3.63) is 36.7 Å². The Hall–Kier alpha value is -2.30. The Morgan fingerprint density at radius 1 is 1.06 bits per heavy atom. The summed E-state index contributed by atoms with van der Waals surface area (Å²) in [6, 6.07) is 7.16. The van der Waals surface area contributed by atoms with Gasteiger partial charge in [-0.25, -0.2) is 0 Å². The molecule has 0 bridgehead atoms. The Morgan fingerprint density at radius 3 is 2.38 bits per heavy atom. The van der Waals surface area contributed by atoms with E-state index in [-0.39, 0.29) is 0 Å². The molecular weight excluding hydrogens is 206 g/mol. The lowest BCUT2D eigenvalue weighted by Gasteiger charge is -2.05. The van der Waals surface area contributed by atoms with Gasteiger partial charge in [-0.1, -0.05) is 0 Å². The van der Waals surface area contributed by atoms with Crippen molar-refractivity contribution in [3.63, 3.8) is 0 Å². The molecule has 2 N–H and O–H groups in total. The first-order chi connectivity index (χ1) is 7.78. The first-order valence-electron chi connectivity index (χ1n) is 4.67. The fourth-order valence-electron chi connectivity index (χ4n) is 1.18. The second-order valence-corrected chi connectivity index (χ2v) is 3.06. The lowest BCUT2D eigenvalue weighted by molar-refractivity contribution is 0.412. The topological polar surface area (TPSA) is 70.3 Å². The Kier molecular flexibility index (Phi) is 2.86. The monoisotopic (exact) mass is 217 g/mol. The second-order valence-electron chi connectivity index (χ2n) is 3.06. The number of nitrogens with zero attached hydrogens (tertiary/aromatic N) is 2. The van der Waals surface area contributed by atoms with E-state index in [0.717, 1.165) is 5.75 Å². The van der Waals surface area contributed by atoms with Crippen LogP contribution in [0.3, 0.4) is 0 Å². The minimum Gasteiger partial charge on any atom is -0.497 e. The molecule has 0 saturated heterocycles. The van der Waals surface area contributed by atoms with E-state index in [9.17, 15) is 0 Å². The maximum atomic E-state index is 5.48. The average Bonchev–Trinajstić information content (AvgIpc) is 2.30. The standard InChI is InChI=1S/C11H11N3O2/c1-15-8-2-4-9(5-3-8)16-11-7-13-6-10(12)14-11/h2-7H,1H3,(H2,12,14). The van der Waals surface area contributed by atoms with Crippen LogP contribution in [0.5, 0.6) is 17.4 Å². The number of hydrogen-bond acceptors (Lipinski definition) is 5. The van der Waals surface area contributed by atoms with Crippen LogP contribution in [-0.4, -0.2) is 17.1 Å². The first kappa shape index (κ1) is 10.2. The Morgan fingerprint density at radius 2 is 1.75 bits per heavy atom. The van der Waals surface area contributed by atoms with Gasteiger partial charge in [0.05, 0.1) is 19.5 Å². The zero-order valence-corrected chi connectivity index (χ0v) is 8.75. The number of nitrogens with two attached hydrogens (primary N) is 1. The van der Waals surface area contributed by atoms with E-state index >= 15 is 0 Å². The highest BCUT2D eigenvalue weighted by atomic mass is 16.5. The summed E-state index contributed by atoms with van der Waals surface area (Å²) in [4.78, 5) is 7.85. The van der Waals surface area contributed by atoms with E-state index in [1.807, 2.05) is 0 Å². The van der Waals surface area contributed by atoms with E-state index in [1.54, 1.807) is 31.4 Å². The quantitative estimate of drug-likeness (QED) is 0.849. The van der Waals surface area contributed by atoms with Crippen molar-refractivity contribution in [2.24, 2.45) is 0 Å². The number of rotatable bonds is 3. The number of aromatic nitrogens is 2. The van der Waals surface area contributed by atoms with Gasteiger partial charge in [-0.15, -0.1) is 0 Å². The van der Waals surface area contributed by atoms with Crippen LogP contribution in [0.4, 0.5) is 5.82 Å². The van der Waals surface area contributed by atoms with Gasteiger partial charge in [0.1, 0.15) is 17.3 Å². The first-order valence-corrected chi connectivity index (χ1v) is 4.67. The molecule has 1 aromatic carbocycles. The van der Waals surface area contributed by atoms with Crippen LogP contribution in [-0.2, 0) is 0 Å². The molecule has 16 heavy (non-hydrogen) atoms. The Labute approximate surface area is 92.9 Å². The summed E-state index contributed by atoms with van der Waals surface area (Å²) >= 11 is 0. The van der Waals surface area contributed by atoms with E-state index in [2.05, 4.69) is 9.97 Å². The zero-order valence-electron chi connectivity index (χ0n) is 8.75. The number of nitrogen functional groups attached to an aromatic ring is 1. The molecular formula is C11H11N3O2. The minimum atomic E-state index is 0.325. The molecule has 0 unspecified atom stereocenters. The predicted octanol–water partition coefficient (Wildman–Crippen LogP) is 1.86. The molecule has 5 heteroatoms. The lowest BCUT2D eigenvalue weighted by atomic mass is 10.3. The third-order valence-corrected chi connectivity index (χ3v) is 1.91. The van der Waals surface area contributed by atoms with Crippen molar-refractivity contribution >= 4 is 5.82 Å². The largest absolute Gasteiger partial charge is 0.497 e. The molecule has 2 aromatic rings. The van der Waals surface area contributed by atoms with Crippen LogP contribution in [0.1, 0.15) is 0 Å². The maximum absolute atomic E-state index is 5.48. The van der Waals surface area contributed by atoms with Crippen molar-refractivity contribution in [1.82, 2.24) is 9.97 Å². The molecule has 0 fully saturated rings. The molecule has 0 saturated carbocycles. The smallest absolute Gasteiger partial charge is 0.239 e. The van der Waals surface area contributed by atoms with Gasteiger partial charge in [0.2, 0.25) is 5.88 Å². The highest BCUT2D eigenvalue weighted by Gasteiger charge is 2.00. The van der Waals surface area contributed by atoms with Crippen molar-refractivity contribution < 1.29 is 9.47 Å².